The molecule has 2 aromatic rings. The van der Waals surface area contributed by atoms with E-state index in [9.17, 15) is 4.79 Å². The van der Waals surface area contributed by atoms with E-state index < -0.39 is 5.97 Å². The molecule has 4 heteroatoms. The van der Waals surface area contributed by atoms with Crippen molar-refractivity contribution >= 4 is 5.97 Å². The average molecular weight is 258 g/mol. The van der Waals surface area contributed by atoms with Crippen LogP contribution in [0, 0.1) is 13.8 Å². The number of aromatic nitrogens is 2. The summed E-state index contributed by atoms with van der Waals surface area (Å²) in [5, 5.41) is 13.3. The summed E-state index contributed by atoms with van der Waals surface area (Å²) in [6, 6.07) is 7.66. The van der Waals surface area contributed by atoms with Crippen LogP contribution in [0.1, 0.15) is 47.1 Å². The smallest absolute Gasteiger partial charge is 0.356 e. The monoisotopic (exact) mass is 258 g/mol. The third kappa shape index (κ3) is 2.52. The van der Waals surface area contributed by atoms with Gasteiger partial charge >= 0.3 is 5.97 Å². The minimum absolute atomic E-state index is 0.0851. The first-order chi connectivity index (χ1) is 8.90. The van der Waals surface area contributed by atoms with Gasteiger partial charge in [-0.25, -0.2) is 9.48 Å². The van der Waals surface area contributed by atoms with Crippen LogP contribution in [0.3, 0.4) is 0 Å². The molecule has 1 aromatic heterocycles. The van der Waals surface area contributed by atoms with Gasteiger partial charge in [0, 0.05) is 5.69 Å². The molecule has 1 N–H and O–H groups in total. The van der Waals surface area contributed by atoms with Gasteiger partial charge in [-0.3, -0.25) is 0 Å². The lowest BCUT2D eigenvalue weighted by atomic mass is 10.1. The van der Waals surface area contributed by atoms with Gasteiger partial charge in [0.2, 0.25) is 0 Å². The van der Waals surface area contributed by atoms with E-state index in [-0.39, 0.29) is 11.6 Å². The van der Waals surface area contributed by atoms with Crippen molar-refractivity contribution in [2.24, 2.45) is 0 Å². The summed E-state index contributed by atoms with van der Waals surface area (Å²) >= 11 is 0. The van der Waals surface area contributed by atoms with Gasteiger partial charge in [0.1, 0.15) is 0 Å². The van der Waals surface area contributed by atoms with Crippen molar-refractivity contribution in [2.75, 3.05) is 0 Å². The molecule has 0 spiro atoms. The van der Waals surface area contributed by atoms with E-state index in [1.807, 2.05) is 45.9 Å². The molecule has 0 fully saturated rings. The molecule has 0 atom stereocenters. The Morgan fingerprint density at radius 1 is 1.21 bits per heavy atom. The molecule has 2 rings (SSSR count). The number of hydrogen-bond acceptors (Lipinski definition) is 2. The van der Waals surface area contributed by atoms with Gasteiger partial charge in [-0.1, -0.05) is 19.9 Å². The number of hydrogen-bond donors (Lipinski definition) is 1. The Kier molecular flexibility index (Phi) is 3.42. The number of benzene rings is 1. The quantitative estimate of drug-likeness (QED) is 0.918. The van der Waals surface area contributed by atoms with Crippen LogP contribution in [-0.2, 0) is 0 Å². The number of nitrogens with zero attached hydrogens (tertiary/aromatic N) is 2. The van der Waals surface area contributed by atoms with E-state index in [4.69, 9.17) is 5.11 Å². The van der Waals surface area contributed by atoms with Crippen LogP contribution >= 0.6 is 0 Å². The Balaban J connectivity index is 2.59. The maximum Gasteiger partial charge on any atom is 0.356 e. The van der Waals surface area contributed by atoms with Crippen LogP contribution in [-0.4, -0.2) is 20.9 Å². The molecule has 0 radical (unpaired) electrons. The lowest BCUT2D eigenvalue weighted by Gasteiger charge is -2.11. The molecule has 0 aliphatic rings. The summed E-state index contributed by atoms with van der Waals surface area (Å²) < 4.78 is 1.72. The maximum absolute atomic E-state index is 11.1. The summed E-state index contributed by atoms with van der Waals surface area (Å²) in [6.45, 7) is 8.14. The fraction of sp³-hybridized carbons (Fsp3) is 0.333. The van der Waals surface area contributed by atoms with Gasteiger partial charge in [-0.05, 0) is 49.1 Å². The molecule has 0 amide bonds. The molecule has 0 unspecified atom stereocenters. The summed E-state index contributed by atoms with van der Waals surface area (Å²) in [6.07, 6.45) is 0. The fourth-order valence-electron chi connectivity index (χ4n) is 1.98. The van der Waals surface area contributed by atoms with Gasteiger partial charge < -0.3 is 5.11 Å². The van der Waals surface area contributed by atoms with Crippen LogP contribution in [0.4, 0.5) is 0 Å². The highest BCUT2D eigenvalue weighted by Gasteiger charge is 2.16. The Morgan fingerprint density at radius 2 is 1.89 bits per heavy atom. The Labute approximate surface area is 112 Å². The highest BCUT2D eigenvalue weighted by atomic mass is 16.4. The number of carboxylic acids is 1. The molecular formula is C15H18N2O2. The third-order valence-electron chi connectivity index (χ3n) is 3.28. The van der Waals surface area contributed by atoms with Gasteiger partial charge in [0.15, 0.2) is 5.69 Å². The van der Waals surface area contributed by atoms with E-state index in [1.54, 1.807) is 10.7 Å². The van der Waals surface area contributed by atoms with Gasteiger partial charge in [0.05, 0.1) is 5.69 Å². The molecule has 100 valence electrons. The highest BCUT2D eigenvalue weighted by molar-refractivity contribution is 5.85. The lowest BCUT2D eigenvalue weighted by molar-refractivity contribution is 0.0690. The normalized spacial score (nSPS) is 11.0. The van der Waals surface area contributed by atoms with Crippen LogP contribution in [0.15, 0.2) is 24.3 Å². The number of aromatic carboxylic acids is 1. The second-order valence-electron chi connectivity index (χ2n) is 5.09. The molecule has 1 heterocycles. The number of aryl methyl sites for hydroxylation is 2. The topological polar surface area (TPSA) is 55.1 Å². The summed E-state index contributed by atoms with van der Waals surface area (Å²) in [5.41, 5.74) is 4.27. The highest BCUT2D eigenvalue weighted by Crippen LogP contribution is 2.22. The number of carboxylic acid groups (broad SMARTS) is 1. The van der Waals surface area contributed by atoms with Crippen LogP contribution < -0.4 is 0 Å². The van der Waals surface area contributed by atoms with E-state index in [2.05, 4.69) is 5.10 Å². The third-order valence-corrected chi connectivity index (χ3v) is 3.28. The van der Waals surface area contributed by atoms with Crippen molar-refractivity contribution in [1.82, 2.24) is 9.78 Å². The lowest BCUT2D eigenvalue weighted by Crippen LogP contribution is -2.05. The van der Waals surface area contributed by atoms with Gasteiger partial charge in [-0.2, -0.15) is 5.10 Å². The van der Waals surface area contributed by atoms with Crippen LogP contribution in [0.5, 0.6) is 0 Å². The average Bonchev–Trinajstić information content (AvgIpc) is 2.78. The van der Waals surface area contributed by atoms with Crippen LogP contribution in [0.2, 0.25) is 0 Å². The second kappa shape index (κ2) is 4.88. The first-order valence-corrected chi connectivity index (χ1v) is 6.31. The Bertz CT molecular complexity index is 627. The molecule has 0 aliphatic heterocycles. The van der Waals surface area contributed by atoms with E-state index in [0.29, 0.717) is 0 Å². The predicted molar refractivity (Wildman–Crippen MR) is 74.1 cm³/mol. The van der Waals surface area contributed by atoms with Crippen molar-refractivity contribution in [2.45, 2.75) is 33.6 Å². The summed E-state index contributed by atoms with van der Waals surface area (Å²) in [4.78, 5) is 11.1. The number of rotatable bonds is 3. The van der Waals surface area contributed by atoms with E-state index >= 15 is 0 Å². The molecule has 0 aliphatic carbocycles. The number of carbonyl (C=O) groups is 1. The van der Waals surface area contributed by atoms with Crippen LogP contribution in [0.25, 0.3) is 5.69 Å². The van der Waals surface area contributed by atoms with Gasteiger partial charge in [0.25, 0.3) is 0 Å². The fourth-order valence-corrected chi connectivity index (χ4v) is 1.98. The molecular weight excluding hydrogens is 240 g/mol. The van der Waals surface area contributed by atoms with E-state index in [1.165, 1.54) is 11.1 Å². The molecule has 19 heavy (non-hydrogen) atoms. The zero-order chi connectivity index (χ0) is 14.2. The molecule has 4 nitrogen and oxygen atoms in total. The van der Waals surface area contributed by atoms with Gasteiger partial charge in [-0.15, -0.1) is 0 Å². The molecule has 0 saturated heterocycles. The van der Waals surface area contributed by atoms with E-state index in [0.717, 1.165) is 11.4 Å². The maximum atomic E-state index is 11.1. The second-order valence-corrected chi connectivity index (χ2v) is 5.09. The van der Waals surface area contributed by atoms with Crippen molar-refractivity contribution in [3.63, 3.8) is 0 Å². The first-order valence-electron chi connectivity index (χ1n) is 6.31. The van der Waals surface area contributed by atoms with Crippen molar-refractivity contribution in [3.8, 4) is 5.69 Å². The minimum Gasteiger partial charge on any atom is -0.476 e. The molecule has 0 saturated carbocycles. The Morgan fingerprint density at radius 3 is 2.42 bits per heavy atom. The van der Waals surface area contributed by atoms with Crippen molar-refractivity contribution in [3.05, 3.63) is 46.8 Å². The first kappa shape index (κ1) is 13.3. The largest absolute Gasteiger partial charge is 0.476 e. The minimum atomic E-state index is -0.996. The molecule has 1 aromatic carbocycles. The Hall–Kier alpha value is -2.10. The zero-order valence-corrected chi connectivity index (χ0v) is 11.6. The SMILES string of the molecule is Cc1ccc(-n2nc(C(=O)O)cc2C(C)C)cc1C. The summed E-state index contributed by atoms with van der Waals surface area (Å²) in [5.74, 6) is -0.785. The molecule has 0 bridgehead atoms. The van der Waals surface area contributed by atoms with Crippen molar-refractivity contribution < 1.29 is 9.90 Å². The predicted octanol–water partition coefficient (Wildman–Crippen LogP) is 3.31. The summed E-state index contributed by atoms with van der Waals surface area (Å²) in [7, 11) is 0. The zero-order valence-electron chi connectivity index (χ0n) is 11.6. The van der Waals surface area contributed by atoms with Crippen molar-refractivity contribution in [1.29, 1.82) is 0 Å². The standard InChI is InChI=1S/C15H18N2O2/c1-9(2)14-8-13(15(18)19)16-17(14)12-6-5-10(3)11(4)7-12/h5-9H,1-4H3,(H,18,19).